The first-order chi connectivity index (χ1) is 12.8. The topological polar surface area (TPSA) is 0 Å². The molecule has 0 radical (unpaired) electrons. The minimum Gasteiger partial charge on any atom is -0.103 e. The second-order valence-corrected chi connectivity index (χ2v) is 8.01. The van der Waals surface area contributed by atoms with Crippen molar-refractivity contribution in [1.29, 1.82) is 0 Å². The molecule has 0 aliphatic heterocycles. The molecule has 0 amide bonds. The zero-order chi connectivity index (χ0) is 18.2. The quantitative estimate of drug-likeness (QED) is 0.336. The van der Waals surface area contributed by atoms with Crippen molar-refractivity contribution < 1.29 is 0 Å². The average Bonchev–Trinajstić information content (AvgIpc) is 2.70. The van der Waals surface area contributed by atoms with Crippen molar-refractivity contribution in [2.24, 2.45) is 5.92 Å². The Hall–Kier alpha value is -1.82. The smallest absolute Gasteiger partial charge is 0.0162 e. The molecule has 0 bridgehead atoms. The first-order valence-corrected chi connectivity index (χ1v) is 10.6. The maximum Gasteiger partial charge on any atom is -0.0162 e. The lowest BCUT2D eigenvalue weighted by molar-refractivity contribution is 0.306. The molecular formula is C26H34. The largest absolute Gasteiger partial charge is 0.103 e. The Bertz CT molecular complexity index is 654. The number of aryl methyl sites for hydroxylation is 1. The number of hydrogen-bond acceptors (Lipinski definition) is 0. The summed E-state index contributed by atoms with van der Waals surface area (Å²) in [7, 11) is 0. The number of hydrogen-bond donors (Lipinski definition) is 0. The third-order valence-electron chi connectivity index (χ3n) is 6.08. The summed E-state index contributed by atoms with van der Waals surface area (Å²) in [4.78, 5) is 0. The van der Waals surface area contributed by atoms with Gasteiger partial charge in [0.15, 0.2) is 0 Å². The van der Waals surface area contributed by atoms with Crippen LogP contribution in [0.3, 0.4) is 0 Å². The van der Waals surface area contributed by atoms with Crippen LogP contribution in [0.25, 0.3) is 11.1 Å². The van der Waals surface area contributed by atoms with Crippen molar-refractivity contribution in [2.75, 3.05) is 0 Å². The molecule has 3 rings (SSSR count). The summed E-state index contributed by atoms with van der Waals surface area (Å²) in [6.07, 6.45) is 13.9. The first kappa shape index (κ1) is 19.0. The lowest BCUT2D eigenvalue weighted by atomic mass is 9.77. The van der Waals surface area contributed by atoms with Crippen LogP contribution in [0.4, 0.5) is 0 Å². The highest BCUT2D eigenvalue weighted by Crippen LogP contribution is 2.38. The maximum atomic E-state index is 3.84. The van der Waals surface area contributed by atoms with Gasteiger partial charge in [-0.15, -0.1) is 6.58 Å². The summed E-state index contributed by atoms with van der Waals surface area (Å²) < 4.78 is 0. The van der Waals surface area contributed by atoms with E-state index in [9.17, 15) is 0 Å². The Kier molecular flexibility index (Phi) is 7.12. The van der Waals surface area contributed by atoms with E-state index in [1.54, 1.807) is 5.56 Å². The lowest BCUT2D eigenvalue weighted by Gasteiger charge is -2.29. The maximum absolute atomic E-state index is 3.84. The van der Waals surface area contributed by atoms with Crippen molar-refractivity contribution in [3.63, 3.8) is 0 Å². The predicted molar refractivity (Wildman–Crippen MR) is 115 cm³/mol. The van der Waals surface area contributed by atoms with Gasteiger partial charge in [0.2, 0.25) is 0 Å². The van der Waals surface area contributed by atoms with Crippen molar-refractivity contribution >= 4 is 0 Å². The molecule has 26 heavy (non-hydrogen) atoms. The third kappa shape index (κ3) is 5.10. The molecule has 0 atom stereocenters. The second kappa shape index (κ2) is 9.76. The van der Waals surface area contributed by atoms with E-state index in [2.05, 4.69) is 68.1 Å². The highest BCUT2D eigenvalue weighted by atomic mass is 14.3. The monoisotopic (exact) mass is 346 g/mol. The van der Waals surface area contributed by atoms with Crippen LogP contribution in [0.1, 0.15) is 75.3 Å². The summed E-state index contributed by atoms with van der Waals surface area (Å²) in [5.74, 6) is 1.72. The van der Waals surface area contributed by atoms with Crippen LogP contribution >= 0.6 is 0 Å². The van der Waals surface area contributed by atoms with Gasteiger partial charge in [0.25, 0.3) is 0 Å². The number of allylic oxidation sites excluding steroid dienone is 1. The molecule has 0 aromatic heterocycles. The standard InChI is InChI=1S/C26H34/c1-3-5-6-8-22-11-15-24(16-12-22)26-19-17-25(18-20-26)23-13-9-21(7-4-2)10-14-23/h3,9-10,13-14,17-20,22,24H,1,4-8,11-12,15-16H2,2H3/t22-,24-. The Morgan fingerprint density at radius 1 is 0.885 bits per heavy atom. The molecule has 0 nitrogen and oxygen atoms in total. The van der Waals surface area contributed by atoms with E-state index in [-0.39, 0.29) is 0 Å². The van der Waals surface area contributed by atoms with Gasteiger partial charge in [-0.25, -0.2) is 0 Å². The van der Waals surface area contributed by atoms with Gasteiger partial charge >= 0.3 is 0 Å². The molecule has 0 unspecified atom stereocenters. The van der Waals surface area contributed by atoms with Crippen molar-refractivity contribution in [3.8, 4) is 11.1 Å². The third-order valence-corrected chi connectivity index (χ3v) is 6.08. The van der Waals surface area contributed by atoms with Gasteiger partial charge in [-0.2, -0.15) is 0 Å². The van der Waals surface area contributed by atoms with Gasteiger partial charge in [0, 0.05) is 0 Å². The van der Waals surface area contributed by atoms with Gasteiger partial charge in [-0.05, 0) is 79.0 Å². The van der Waals surface area contributed by atoms with Crippen molar-refractivity contribution in [3.05, 3.63) is 72.3 Å². The first-order valence-electron chi connectivity index (χ1n) is 10.6. The Labute approximate surface area is 160 Å². The molecule has 0 heterocycles. The molecule has 0 heteroatoms. The fourth-order valence-corrected chi connectivity index (χ4v) is 4.44. The van der Waals surface area contributed by atoms with E-state index in [0.717, 1.165) is 11.8 Å². The van der Waals surface area contributed by atoms with E-state index in [1.807, 2.05) is 0 Å². The van der Waals surface area contributed by atoms with E-state index < -0.39 is 0 Å². The van der Waals surface area contributed by atoms with Crippen LogP contribution in [0.15, 0.2) is 61.2 Å². The highest BCUT2D eigenvalue weighted by molar-refractivity contribution is 5.64. The molecule has 1 aliphatic rings. The molecule has 2 aromatic rings. The molecule has 2 aromatic carbocycles. The van der Waals surface area contributed by atoms with E-state index >= 15 is 0 Å². The summed E-state index contributed by atoms with van der Waals surface area (Å²) in [5, 5.41) is 0. The fourth-order valence-electron chi connectivity index (χ4n) is 4.44. The minimum atomic E-state index is 0.770. The van der Waals surface area contributed by atoms with Crippen LogP contribution in [-0.4, -0.2) is 0 Å². The van der Waals surface area contributed by atoms with Gasteiger partial charge < -0.3 is 0 Å². The number of unbranched alkanes of at least 4 members (excludes halogenated alkanes) is 1. The van der Waals surface area contributed by atoms with E-state index in [0.29, 0.717) is 0 Å². The number of rotatable bonds is 8. The van der Waals surface area contributed by atoms with Crippen LogP contribution in [0, 0.1) is 5.92 Å². The Morgan fingerprint density at radius 2 is 1.50 bits per heavy atom. The summed E-state index contributed by atoms with van der Waals surface area (Å²) in [6, 6.07) is 18.5. The van der Waals surface area contributed by atoms with Gasteiger partial charge in [-0.1, -0.05) is 74.4 Å². The van der Waals surface area contributed by atoms with Crippen molar-refractivity contribution in [1.82, 2.24) is 0 Å². The molecule has 1 aliphatic carbocycles. The van der Waals surface area contributed by atoms with Crippen LogP contribution in [0.5, 0.6) is 0 Å². The molecule has 1 saturated carbocycles. The zero-order valence-electron chi connectivity index (χ0n) is 16.4. The SMILES string of the molecule is C=CCCC[C@H]1CC[C@H](c2ccc(-c3ccc(CCC)cc3)cc2)CC1. The molecule has 1 fully saturated rings. The second-order valence-electron chi connectivity index (χ2n) is 8.01. The fraction of sp³-hybridized carbons (Fsp3) is 0.462. The molecular weight excluding hydrogens is 312 g/mol. The van der Waals surface area contributed by atoms with E-state index in [1.165, 1.54) is 74.5 Å². The summed E-state index contributed by atoms with van der Waals surface area (Å²) in [5.41, 5.74) is 5.66. The molecule has 0 N–H and O–H groups in total. The van der Waals surface area contributed by atoms with Crippen molar-refractivity contribution in [2.45, 2.75) is 70.6 Å². The van der Waals surface area contributed by atoms with Crippen LogP contribution in [-0.2, 0) is 6.42 Å². The Morgan fingerprint density at radius 3 is 2.08 bits per heavy atom. The lowest BCUT2D eigenvalue weighted by Crippen LogP contribution is -2.13. The number of benzene rings is 2. The van der Waals surface area contributed by atoms with Crippen LogP contribution in [0.2, 0.25) is 0 Å². The normalized spacial score (nSPS) is 20.0. The zero-order valence-corrected chi connectivity index (χ0v) is 16.4. The molecule has 138 valence electrons. The predicted octanol–water partition coefficient (Wildman–Crippen LogP) is 7.94. The van der Waals surface area contributed by atoms with Gasteiger partial charge in [-0.3, -0.25) is 0 Å². The minimum absolute atomic E-state index is 0.770. The van der Waals surface area contributed by atoms with Crippen LogP contribution < -0.4 is 0 Å². The average molecular weight is 347 g/mol. The Balaban J connectivity index is 1.55. The van der Waals surface area contributed by atoms with Gasteiger partial charge in [0.05, 0.1) is 0 Å². The highest BCUT2D eigenvalue weighted by Gasteiger charge is 2.21. The van der Waals surface area contributed by atoms with Gasteiger partial charge in [0.1, 0.15) is 0 Å². The summed E-state index contributed by atoms with van der Waals surface area (Å²) >= 11 is 0. The molecule has 0 spiro atoms. The summed E-state index contributed by atoms with van der Waals surface area (Å²) in [6.45, 7) is 6.07. The molecule has 0 saturated heterocycles. The van der Waals surface area contributed by atoms with E-state index in [4.69, 9.17) is 0 Å².